The Morgan fingerprint density at radius 3 is 2.85 bits per heavy atom. The highest BCUT2D eigenvalue weighted by Crippen LogP contribution is 2.25. The Kier molecular flexibility index (Phi) is 4.02. The molecule has 0 fully saturated rings. The van der Waals surface area contributed by atoms with Gasteiger partial charge in [-0.05, 0) is 32.4 Å². The summed E-state index contributed by atoms with van der Waals surface area (Å²) in [5.74, 6) is 0. The van der Waals surface area contributed by atoms with Gasteiger partial charge in [0.05, 0.1) is 23.5 Å². The zero-order chi connectivity index (χ0) is 14.7. The number of nitro groups is 1. The highest BCUT2D eigenvalue weighted by molar-refractivity contribution is 5.62. The molecule has 0 aliphatic carbocycles. The van der Waals surface area contributed by atoms with Crippen molar-refractivity contribution in [2.24, 2.45) is 0 Å². The van der Waals surface area contributed by atoms with Gasteiger partial charge in [0, 0.05) is 18.3 Å². The van der Waals surface area contributed by atoms with E-state index in [0.717, 1.165) is 11.3 Å². The number of anilines is 1. The van der Waals surface area contributed by atoms with Gasteiger partial charge in [-0.2, -0.15) is 0 Å². The third-order valence-corrected chi connectivity index (χ3v) is 3.11. The first-order valence-electron chi connectivity index (χ1n) is 6.48. The van der Waals surface area contributed by atoms with Gasteiger partial charge in [-0.25, -0.2) is 4.98 Å². The van der Waals surface area contributed by atoms with E-state index in [9.17, 15) is 10.1 Å². The lowest BCUT2D eigenvalue weighted by molar-refractivity contribution is -0.384. The molecule has 20 heavy (non-hydrogen) atoms. The Balaban J connectivity index is 2.20. The fraction of sp³-hybridized carbons (Fsp3) is 0.357. The van der Waals surface area contributed by atoms with Crippen LogP contribution in [-0.2, 0) is 6.54 Å². The number of aryl methyl sites for hydroxylation is 1. The van der Waals surface area contributed by atoms with Gasteiger partial charge in [-0.1, -0.05) is 6.07 Å². The number of hydrogen-bond acceptors (Lipinski definition) is 4. The van der Waals surface area contributed by atoms with Crippen LogP contribution in [0.5, 0.6) is 0 Å². The molecule has 0 spiro atoms. The van der Waals surface area contributed by atoms with E-state index < -0.39 is 0 Å². The van der Waals surface area contributed by atoms with E-state index in [1.165, 1.54) is 6.07 Å². The molecule has 0 aliphatic rings. The van der Waals surface area contributed by atoms with Gasteiger partial charge < -0.3 is 9.88 Å². The number of aromatic nitrogens is 2. The molecule has 0 saturated heterocycles. The Bertz CT molecular complexity index is 619. The number of nitro benzene ring substituents is 1. The minimum Gasteiger partial charge on any atom is -0.374 e. The molecule has 0 amide bonds. The highest BCUT2D eigenvalue weighted by atomic mass is 16.6. The van der Waals surface area contributed by atoms with Crippen LogP contribution in [0.3, 0.4) is 0 Å². The van der Waals surface area contributed by atoms with Crippen LogP contribution in [0.4, 0.5) is 11.4 Å². The second kappa shape index (κ2) is 5.73. The van der Waals surface area contributed by atoms with E-state index in [2.05, 4.69) is 24.1 Å². The molecule has 0 aliphatic heterocycles. The Morgan fingerprint density at radius 2 is 2.20 bits per heavy atom. The number of nitrogens with one attached hydrogen (secondary N) is 1. The minimum atomic E-state index is -0.373. The molecule has 6 heteroatoms. The van der Waals surface area contributed by atoms with Crippen LogP contribution in [-0.4, -0.2) is 14.5 Å². The molecule has 1 heterocycles. The van der Waals surface area contributed by atoms with Crippen LogP contribution in [0, 0.1) is 17.0 Å². The van der Waals surface area contributed by atoms with Gasteiger partial charge in [-0.3, -0.25) is 10.1 Å². The number of benzene rings is 1. The smallest absolute Gasteiger partial charge is 0.292 e. The van der Waals surface area contributed by atoms with Crippen LogP contribution >= 0.6 is 0 Å². The summed E-state index contributed by atoms with van der Waals surface area (Å²) in [6.45, 7) is 6.55. The normalized spacial score (nSPS) is 10.8. The van der Waals surface area contributed by atoms with E-state index >= 15 is 0 Å². The van der Waals surface area contributed by atoms with Gasteiger partial charge >= 0.3 is 0 Å². The molecular formula is C14H18N4O2. The summed E-state index contributed by atoms with van der Waals surface area (Å²) in [5, 5.41) is 14.1. The molecule has 0 bridgehead atoms. The summed E-state index contributed by atoms with van der Waals surface area (Å²) in [4.78, 5) is 14.8. The monoisotopic (exact) mass is 274 g/mol. The fourth-order valence-corrected chi connectivity index (χ4v) is 2.07. The van der Waals surface area contributed by atoms with Crippen molar-refractivity contribution >= 4 is 11.4 Å². The van der Waals surface area contributed by atoms with E-state index in [-0.39, 0.29) is 10.6 Å². The lowest BCUT2D eigenvalue weighted by Gasteiger charge is -2.13. The van der Waals surface area contributed by atoms with Crippen LogP contribution in [0.2, 0.25) is 0 Å². The molecule has 2 rings (SSSR count). The van der Waals surface area contributed by atoms with Crippen molar-refractivity contribution in [2.45, 2.75) is 33.4 Å². The zero-order valence-corrected chi connectivity index (χ0v) is 11.8. The molecule has 1 aromatic carbocycles. The molecule has 2 aromatic rings. The van der Waals surface area contributed by atoms with Crippen molar-refractivity contribution in [1.82, 2.24) is 9.55 Å². The first-order chi connectivity index (χ1) is 9.49. The molecular weight excluding hydrogens is 256 g/mol. The van der Waals surface area contributed by atoms with Crippen LogP contribution < -0.4 is 5.32 Å². The summed E-state index contributed by atoms with van der Waals surface area (Å²) >= 11 is 0. The van der Waals surface area contributed by atoms with Gasteiger partial charge in [0.1, 0.15) is 5.69 Å². The maximum atomic E-state index is 11.0. The van der Waals surface area contributed by atoms with Crippen molar-refractivity contribution in [2.75, 3.05) is 5.32 Å². The zero-order valence-electron chi connectivity index (χ0n) is 11.8. The standard InChI is InChI=1S/C14H18N4O2/c1-10(2)17-9-15-7-12(17)8-16-13-6-11(3)4-5-14(13)18(19)20/h4-7,9-10,16H,8H2,1-3H3. The maximum absolute atomic E-state index is 11.0. The summed E-state index contributed by atoms with van der Waals surface area (Å²) in [6, 6.07) is 5.36. The van der Waals surface area contributed by atoms with E-state index in [0.29, 0.717) is 18.3 Å². The number of nitrogens with zero attached hydrogens (tertiary/aromatic N) is 3. The van der Waals surface area contributed by atoms with Crippen molar-refractivity contribution in [3.05, 3.63) is 52.1 Å². The Hall–Kier alpha value is -2.37. The molecule has 0 saturated carbocycles. The van der Waals surface area contributed by atoms with Gasteiger partial charge in [-0.15, -0.1) is 0 Å². The third-order valence-electron chi connectivity index (χ3n) is 3.11. The van der Waals surface area contributed by atoms with E-state index in [1.54, 1.807) is 24.7 Å². The highest BCUT2D eigenvalue weighted by Gasteiger charge is 2.14. The maximum Gasteiger partial charge on any atom is 0.292 e. The predicted molar refractivity (Wildman–Crippen MR) is 77.8 cm³/mol. The number of rotatable bonds is 5. The average Bonchev–Trinajstić information content (AvgIpc) is 2.84. The Morgan fingerprint density at radius 1 is 1.45 bits per heavy atom. The van der Waals surface area contributed by atoms with Gasteiger partial charge in [0.2, 0.25) is 0 Å². The van der Waals surface area contributed by atoms with E-state index in [1.807, 2.05) is 11.5 Å². The second-order valence-electron chi connectivity index (χ2n) is 5.02. The molecule has 0 radical (unpaired) electrons. The van der Waals surface area contributed by atoms with Gasteiger partial charge in [0.25, 0.3) is 5.69 Å². The Labute approximate surface area is 117 Å². The largest absolute Gasteiger partial charge is 0.374 e. The molecule has 6 nitrogen and oxygen atoms in total. The predicted octanol–water partition coefficient (Wildman–Crippen LogP) is 3.29. The lowest BCUT2D eigenvalue weighted by Crippen LogP contribution is -2.09. The molecule has 0 atom stereocenters. The molecule has 1 aromatic heterocycles. The summed E-state index contributed by atoms with van der Waals surface area (Å²) in [7, 11) is 0. The van der Waals surface area contributed by atoms with Crippen molar-refractivity contribution < 1.29 is 4.92 Å². The fourth-order valence-electron chi connectivity index (χ4n) is 2.07. The molecule has 0 unspecified atom stereocenters. The van der Waals surface area contributed by atoms with E-state index in [4.69, 9.17) is 0 Å². The summed E-state index contributed by atoms with van der Waals surface area (Å²) in [6.07, 6.45) is 3.54. The SMILES string of the molecule is Cc1ccc([N+](=O)[O-])c(NCc2cncn2C(C)C)c1. The van der Waals surface area contributed by atoms with Crippen molar-refractivity contribution in [3.63, 3.8) is 0 Å². The van der Waals surface area contributed by atoms with Crippen LogP contribution in [0.25, 0.3) is 0 Å². The topological polar surface area (TPSA) is 73.0 Å². The average molecular weight is 274 g/mol. The van der Waals surface area contributed by atoms with Crippen molar-refractivity contribution in [1.29, 1.82) is 0 Å². The van der Waals surface area contributed by atoms with Crippen LogP contribution in [0.1, 0.15) is 31.1 Å². The quantitative estimate of drug-likeness (QED) is 0.670. The first-order valence-corrected chi connectivity index (χ1v) is 6.48. The van der Waals surface area contributed by atoms with Crippen molar-refractivity contribution in [3.8, 4) is 0 Å². The summed E-state index contributed by atoms with van der Waals surface area (Å²) in [5.41, 5.74) is 2.60. The number of imidazole rings is 1. The van der Waals surface area contributed by atoms with Crippen LogP contribution in [0.15, 0.2) is 30.7 Å². The molecule has 106 valence electrons. The van der Waals surface area contributed by atoms with Gasteiger partial charge in [0.15, 0.2) is 0 Å². The lowest BCUT2D eigenvalue weighted by atomic mass is 10.2. The summed E-state index contributed by atoms with van der Waals surface area (Å²) < 4.78 is 2.04. The molecule has 1 N–H and O–H groups in total. The number of hydrogen-bond donors (Lipinski definition) is 1. The minimum absolute atomic E-state index is 0.0891. The second-order valence-corrected chi connectivity index (χ2v) is 5.02. The third kappa shape index (κ3) is 2.96. The first kappa shape index (κ1) is 14.0.